The van der Waals surface area contributed by atoms with Gasteiger partial charge in [-0.1, -0.05) is 35.0 Å². The van der Waals surface area contributed by atoms with Gasteiger partial charge in [0, 0.05) is 17.5 Å². The van der Waals surface area contributed by atoms with Gasteiger partial charge in [-0.2, -0.15) is 4.98 Å². The SMILES string of the molecule is Cc1noc(C2CCN(CC(=O)NC[C@@H](c3ccccc3Cl)N3CCCC3)CC2)n1. The zero-order chi connectivity index (χ0) is 20.9. The Kier molecular flexibility index (Phi) is 7.02. The largest absolute Gasteiger partial charge is 0.353 e. The number of nitrogens with one attached hydrogen (secondary N) is 1. The van der Waals surface area contributed by atoms with Gasteiger partial charge in [0.15, 0.2) is 5.82 Å². The van der Waals surface area contributed by atoms with Crippen molar-refractivity contribution in [3.63, 3.8) is 0 Å². The van der Waals surface area contributed by atoms with Crippen LogP contribution in [0.25, 0.3) is 0 Å². The second-order valence-electron chi connectivity index (χ2n) is 8.31. The minimum absolute atomic E-state index is 0.0679. The molecule has 4 rings (SSSR count). The summed E-state index contributed by atoms with van der Waals surface area (Å²) in [5, 5.41) is 7.81. The predicted octanol–water partition coefficient (Wildman–Crippen LogP) is 3.16. The number of nitrogens with zero attached hydrogens (tertiary/aromatic N) is 4. The molecule has 2 fully saturated rings. The highest BCUT2D eigenvalue weighted by Crippen LogP contribution is 2.30. The number of likely N-dealkylation sites (tertiary alicyclic amines) is 2. The van der Waals surface area contributed by atoms with Gasteiger partial charge in [-0.15, -0.1) is 0 Å². The molecule has 0 radical (unpaired) electrons. The van der Waals surface area contributed by atoms with Gasteiger partial charge in [-0.05, 0) is 70.4 Å². The Labute approximate surface area is 182 Å². The van der Waals surface area contributed by atoms with Crippen LogP contribution in [0.1, 0.15) is 54.9 Å². The number of hydrogen-bond acceptors (Lipinski definition) is 6. The first kappa shape index (κ1) is 21.3. The van der Waals surface area contributed by atoms with Crippen LogP contribution < -0.4 is 5.32 Å². The zero-order valence-electron chi connectivity index (χ0n) is 17.5. The van der Waals surface area contributed by atoms with Crippen LogP contribution in [0.4, 0.5) is 0 Å². The number of hydrogen-bond donors (Lipinski definition) is 1. The topological polar surface area (TPSA) is 74.5 Å². The predicted molar refractivity (Wildman–Crippen MR) is 115 cm³/mol. The van der Waals surface area contributed by atoms with E-state index in [1.54, 1.807) is 0 Å². The maximum Gasteiger partial charge on any atom is 0.234 e. The first-order valence-corrected chi connectivity index (χ1v) is 11.3. The molecule has 1 amide bonds. The number of carbonyl (C=O) groups is 1. The Morgan fingerprint density at radius 2 is 1.97 bits per heavy atom. The molecule has 2 saturated heterocycles. The molecule has 0 spiro atoms. The van der Waals surface area contributed by atoms with Crippen molar-refractivity contribution >= 4 is 17.5 Å². The molecule has 1 aromatic carbocycles. The summed E-state index contributed by atoms with van der Waals surface area (Å²) in [6.07, 6.45) is 4.27. The van der Waals surface area contributed by atoms with Gasteiger partial charge in [0.2, 0.25) is 11.8 Å². The van der Waals surface area contributed by atoms with Crippen LogP contribution in [-0.2, 0) is 4.79 Å². The third-order valence-electron chi connectivity index (χ3n) is 6.19. The number of aromatic nitrogens is 2. The van der Waals surface area contributed by atoms with Crippen molar-refractivity contribution in [1.29, 1.82) is 0 Å². The first-order valence-electron chi connectivity index (χ1n) is 10.9. The van der Waals surface area contributed by atoms with Gasteiger partial charge in [0.25, 0.3) is 0 Å². The van der Waals surface area contributed by atoms with Crippen LogP contribution in [0.2, 0.25) is 5.02 Å². The van der Waals surface area contributed by atoms with E-state index in [9.17, 15) is 4.79 Å². The van der Waals surface area contributed by atoms with Crippen molar-refractivity contribution in [2.45, 2.75) is 44.6 Å². The number of amides is 1. The summed E-state index contributed by atoms with van der Waals surface area (Å²) in [6, 6.07) is 8.08. The molecule has 2 aliphatic rings. The lowest BCUT2D eigenvalue weighted by Gasteiger charge is -2.31. The van der Waals surface area contributed by atoms with E-state index in [0.29, 0.717) is 24.8 Å². The molecule has 30 heavy (non-hydrogen) atoms. The number of rotatable bonds is 7. The Morgan fingerprint density at radius 3 is 2.63 bits per heavy atom. The van der Waals surface area contributed by atoms with E-state index in [0.717, 1.165) is 55.5 Å². The molecule has 0 unspecified atom stereocenters. The average molecular weight is 432 g/mol. The summed E-state index contributed by atoms with van der Waals surface area (Å²) >= 11 is 6.47. The Balaban J connectivity index is 1.28. The monoisotopic (exact) mass is 431 g/mol. The van der Waals surface area contributed by atoms with Gasteiger partial charge < -0.3 is 9.84 Å². The third kappa shape index (κ3) is 5.20. The van der Waals surface area contributed by atoms with Crippen LogP contribution in [0.15, 0.2) is 28.8 Å². The summed E-state index contributed by atoms with van der Waals surface area (Å²) in [5.41, 5.74) is 1.09. The van der Waals surface area contributed by atoms with E-state index in [2.05, 4.69) is 31.3 Å². The first-order chi connectivity index (χ1) is 14.6. The highest BCUT2D eigenvalue weighted by molar-refractivity contribution is 6.31. The van der Waals surface area contributed by atoms with Crippen molar-refractivity contribution in [1.82, 2.24) is 25.3 Å². The molecule has 0 bridgehead atoms. The lowest BCUT2D eigenvalue weighted by atomic mass is 9.97. The summed E-state index contributed by atoms with van der Waals surface area (Å²) in [6.45, 7) is 6.66. The standard InChI is InChI=1S/C22H30ClN5O2/c1-16-25-22(30-26-16)17-8-12-27(13-9-17)15-21(29)24-14-20(28-10-4-5-11-28)18-6-2-3-7-19(18)23/h2-3,6-7,17,20H,4-5,8-15H2,1H3,(H,24,29)/t20-/m0/s1. The second kappa shape index (κ2) is 9.90. The molecule has 1 atom stereocenters. The molecule has 162 valence electrons. The number of piperidine rings is 1. The molecule has 3 heterocycles. The molecule has 7 nitrogen and oxygen atoms in total. The molecule has 0 aliphatic carbocycles. The number of carbonyl (C=O) groups excluding carboxylic acids is 1. The van der Waals surface area contributed by atoms with Gasteiger partial charge in [-0.25, -0.2) is 0 Å². The maximum absolute atomic E-state index is 12.7. The minimum atomic E-state index is 0.0679. The molecule has 1 aromatic heterocycles. The molecular weight excluding hydrogens is 402 g/mol. The number of aryl methyl sites for hydroxylation is 1. The van der Waals surface area contributed by atoms with E-state index >= 15 is 0 Å². The van der Waals surface area contributed by atoms with Crippen LogP contribution >= 0.6 is 11.6 Å². The maximum atomic E-state index is 12.7. The quantitative estimate of drug-likeness (QED) is 0.725. The van der Waals surface area contributed by atoms with Crippen molar-refractivity contribution < 1.29 is 9.32 Å². The molecule has 1 N–H and O–H groups in total. The summed E-state index contributed by atoms with van der Waals surface area (Å²) < 4.78 is 5.31. The molecule has 2 aliphatic heterocycles. The fourth-order valence-corrected chi connectivity index (χ4v) is 4.78. The minimum Gasteiger partial charge on any atom is -0.353 e. The van der Waals surface area contributed by atoms with E-state index in [4.69, 9.17) is 16.1 Å². The number of benzene rings is 1. The highest BCUT2D eigenvalue weighted by Gasteiger charge is 2.28. The Morgan fingerprint density at radius 1 is 1.23 bits per heavy atom. The van der Waals surface area contributed by atoms with E-state index < -0.39 is 0 Å². The second-order valence-corrected chi connectivity index (χ2v) is 8.72. The fourth-order valence-electron chi connectivity index (χ4n) is 4.52. The van der Waals surface area contributed by atoms with Crippen LogP contribution in [-0.4, -0.2) is 65.1 Å². The van der Waals surface area contributed by atoms with Crippen LogP contribution in [0.3, 0.4) is 0 Å². The van der Waals surface area contributed by atoms with Gasteiger partial charge in [0.1, 0.15) is 0 Å². The Hall–Kier alpha value is -1.96. The lowest BCUT2D eigenvalue weighted by Crippen LogP contribution is -2.43. The highest BCUT2D eigenvalue weighted by atomic mass is 35.5. The van der Waals surface area contributed by atoms with Crippen molar-refractivity contribution in [3.8, 4) is 0 Å². The molecular formula is C22H30ClN5O2. The van der Waals surface area contributed by atoms with E-state index in [-0.39, 0.29) is 11.9 Å². The normalized spacial score (nSPS) is 19.8. The van der Waals surface area contributed by atoms with Crippen LogP contribution in [0.5, 0.6) is 0 Å². The lowest BCUT2D eigenvalue weighted by molar-refractivity contribution is -0.122. The van der Waals surface area contributed by atoms with Gasteiger partial charge in [0.05, 0.1) is 12.6 Å². The van der Waals surface area contributed by atoms with Crippen molar-refractivity contribution in [2.75, 3.05) is 39.3 Å². The summed E-state index contributed by atoms with van der Waals surface area (Å²) in [7, 11) is 0. The molecule has 0 saturated carbocycles. The molecule has 2 aromatic rings. The van der Waals surface area contributed by atoms with Gasteiger partial charge >= 0.3 is 0 Å². The Bertz CT molecular complexity index is 844. The summed E-state index contributed by atoms with van der Waals surface area (Å²) in [5.74, 6) is 1.77. The van der Waals surface area contributed by atoms with Crippen molar-refractivity contribution in [3.05, 3.63) is 46.6 Å². The fraction of sp³-hybridized carbons (Fsp3) is 0.591. The zero-order valence-corrected chi connectivity index (χ0v) is 18.3. The van der Waals surface area contributed by atoms with Gasteiger partial charge in [-0.3, -0.25) is 14.6 Å². The van der Waals surface area contributed by atoms with E-state index in [1.165, 1.54) is 12.8 Å². The average Bonchev–Trinajstić information content (AvgIpc) is 3.42. The van der Waals surface area contributed by atoms with Crippen molar-refractivity contribution in [2.24, 2.45) is 0 Å². The number of halogens is 1. The molecule has 8 heteroatoms. The van der Waals surface area contributed by atoms with Crippen LogP contribution in [0, 0.1) is 6.92 Å². The van der Waals surface area contributed by atoms with E-state index in [1.807, 2.05) is 25.1 Å². The third-order valence-corrected chi connectivity index (χ3v) is 6.53. The summed E-state index contributed by atoms with van der Waals surface area (Å²) in [4.78, 5) is 21.6. The smallest absolute Gasteiger partial charge is 0.234 e.